The number of hydrogen-bond donors (Lipinski definition) is 1. The molecule has 1 unspecified atom stereocenters. The maximum atomic E-state index is 13.4. The summed E-state index contributed by atoms with van der Waals surface area (Å²) in [6.45, 7) is 7.40. The van der Waals surface area contributed by atoms with Crippen LogP contribution in [0, 0.1) is 6.92 Å². The van der Waals surface area contributed by atoms with E-state index in [1.54, 1.807) is 24.4 Å². The molecular formula is C28H33ClN4O3. The second kappa shape index (κ2) is 12.8. The van der Waals surface area contributed by atoms with E-state index in [9.17, 15) is 4.79 Å². The van der Waals surface area contributed by atoms with E-state index < -0.39 is 0 Å². The number of amides is 1. The highest BCUT2D eigenvalue weighted by molar-refractivity contribution is 6.32. The SMILES string of the molecule is Cc1cccc(Cl)c1Oc1ncccc1C(=O)NC(COCc1ccccc1)CN1CCN(C)CC1. The first-order valence-electron chi connectivity index (χ1n) is 12.2. The lowest BCUT2D eigenvalue weighted by Gasteiger charge is -2.34. The highest BCUT2D eigenvalue weighted by atomic mass is 35.5. The normalized spacial score (nSPS) is 15.4. The van der Waals surface area contributed by atoms with Crippen LogP contribution in [0.4, 0.5) is 0 Å². The maximum absolute atomic E-state index is 13.4. The molecule has 1 aliphatic rings. The number of nitrogens with one attached hydrogen (secondary N) is 1. The van der Waals surface area contributed by atoms with E-state index in [1.807, 2.05) is 49.4 Å². The second-order valence-corrected chi connectivity index (χ2v) is 9.53. The number of carbonyl (C=O) groups is 1. The number of halogens is 1. The molecule has 1 aromatic heterocycles. The molecule has 0 bridgehead atoms. The summed E-state index contributed by atoms with van der Waals surface area (Å²) in [5.74, 6) is 0.451. The second-order valence-electron chi connectivity index (χ2n) is 9.12. The molecule has 8 heteroatoms. The molecule has 1 N–H and O–H groups in total. The minimum absolute atomic E-state index is 0.195. The van der Waals surface area contributed by atoms with Gasteiger partial charge in [0.2, 0.25) is 5.88 Å². The van der Waals surface area contributed by atoms with Crippen molar-refractivity contribution < 1.29 is 14.3 Å². The number of carbonyl (C=O) groups excluding carboxylic acids is 1. The van der Waals surface area contributed by atoms with Gasteiger partial charge in [0, 0.05) is 38.9 Å². The first kappa shape index (κ1) is 26.1. The number of aromatic nitrogens is 1. The van der Waals surface area contributed by atoms with E-state index in [0.29, 0.717) is 36.1 Å². The zero-order chi connectivity index (χ0) is 25.3. The molecule has 0 saturated carbocycles. The summed E-state index contributed by atoms with van der Waals surface area (Å²) in [5.41, 5.74) is 2.31. The van der Waals surface area contributed by atoms with Crippen molar-refractivity contribution in [3.8, 4) is 11.6 Å². The lowest BCUT2D eigenvalue weighted by Crippen LogP contribution is -2.52. The molecule has 190 valence electrons. The molecule has 3 aromatic rings. The highest BCUT2D eigenvalue weighted by Crippen LogP contribution is 2.33. The molecule has 0 aliphatic carbocycles. The summed E-state index contributed by atoms with van der Waals surface area (Å²) in [4.78, 5) is 22.4. The Labute approximate surface area is 218 Å². The van der Waals surface area contributed by atoms with Crippen LogP contribution in [0.5, 0.6) is 11.6 Å². The van der Waals surface area contributed by atoms with Gasteiger partial charge in [-0.1, -0.05) is 54.1 Å². The van der Waals surface area contributed by atoms with Crippen LogP contribution in [0.25, 0.3) is 0 Å². The third-order valence-corrected chi connectivity index (χ3v) is 6.52. The molecule has 36 heavy (non-hydrogen) atoms. The Hall–Kier alpha value is -2.97. The van der Waals surface area contributed by atoms with Gasteiger partial charge in [-0.15, -0.1) is 0 Å². The number of ether oxygens (including phenoxy) is 2. The summed E-state index contributed by atoms with van der Waals surface area (Å²) in [7, 11) is 2.13. The molecule has 4 rings (SSSR count). The van der Waals surface area contributed by atoms with E-state index in [2.05, 4.69) is 27.1 Å². The van der Waals surface area contributed by atoms with Gasteiger partial charge in [0.1, 0.15) is 5.56 Å². The van der Waals surface area contributed by atoms with Gasteiger partial charge in [-0.05, 0) is 43.3 Å². The van der Waals surface area contributed by atoms with Crippen molar-refractivity contribution in [1.29, 1.82) is 0 Å². The summed E-state index contributed by atoms with van der Waals surface area (Å²) >= 11 is 6.34. The maximum Gasteiger partial charge on any atom is 0.257 e. The van der Waals surface area contributed by atoms with E-state index in [-0.39, 0.29) is 17.8 Å². The lowest BCUT2D eigenvalue weighted by atomic mass is 10.2. The fourth-order valence-electron chi connectivity index (χ4n) is 4.13. The smallest absolute Gasteiger partial charge is 0.257 e. The van der Waals surface area contributed by atoms with E-state index in [4.69, 9.17) is 21.1 Å². The van der Waals surface area contributed by atoms with Crippen LogP contribution >= 0.6 is 11.6 Å². The van der Waals surface area contributed by atoms with E-state index in [0.717, 1.165) is 37.3 Å². The van der Waals surface area contributed by atoms with Crippen LogP contribution in [-0.2, 0) is 11.3 Å². The Balaban J connectivity index is 1.46. The predicted molar refractivity (Wildman–Crippen MR) is 142 cm³/mol. The predicted octanol–water partition coefficient (Wildman–Crippen LogP) is 4.40. The van der Waals surface area contributed by atoms with E-state index in [1.165, 1.54) is 0 Å². The largest absolute Gasteiger partial charge is 0.436 e. The number of likely N-dealkylation sites (N-methyl/N-ethyl adjacent to an activating group) is 1. The zero-order valence-corrected chi connectivity index (χ0v) is 21.6. The van der Waals surface area contributed by atoms with Crippen molar-refractivity contribution in [3.05, 3.63) is 88.6 Å². The van der Waals surface area contributed by atoms with Crippen molar-refractivity contribution in [1.82, 2.24) is 20.1 Å². The fraction of sp³-hybridized carbons (Fsp3) is 0.357. The van der Waals surface area contributed by atoms with Crippen LogP contribution in [0.2, 0.25) is 5.02 Å². The molecule has 0 radical (unpaired) electrons. The quantitative estimate of drug-likeness (QED) is 0.438. The Bertz CT molecular complexity index is 1120. The average Bonchev–Trinajstić information content (AvgIpc) is 2.88. The standard InChI is InChI=1S/C28H33ClN4O3/c1-21-8-6-12-25(29)26(21)36-28-24(11-7-13-30-28)27(34)31-23(18-33-16-14-32(2)15-17-33)20-35-19-22-9-4-3-5-10-22/h3-13,23H,14-20H2,1-2H3,(H,31,34). The lowest BCUT2D eigenvalue weighted by molar-refractivity contribution is 0.0651. The van der Waals surface area contributed by atoms with Crippen molar-refractivity contribution >= 4 is 17.5 Å². The molecule has 2 aromatic carbocycles. The topological polar surface area (TPSA) is 66.9 Å². The monoisotopic (exact) mass is 508 g/mol. The number of para-hydroxylation sites is 1. The van der Waals surface area contributed by atoms with Crippen LogP contribution in [0.1, 0.15) is 21.5 Å². The van der Waals surface area contributed by atoms with Gasteiger partial charge in [-0.2, -0.15) is 0 Å². The van der Waals surface area contributed by atoms with Gasteiger partial charge in [0.15, 0.2) is 5.75 Å². The minimum atomic E-state index is -0.259. The molecule has 1 saturated heterocycles. The summed E-state index contributed by atoms with van der Waals surface area (Å²) in [6, 6.07) is 18.8. The number of piperazine rings is 1. The average molecular weight is 509 g/mol. The third-order valence-electron chi connectivity index (χ3n) is 6.22. The molecule has 1 amide bonds. The van der Waals surface area contributed by atoms with Gasteiger partial charge < -0.3 is 19.7 Å². The molecule has 1 aliphatic heterocycles. The highest BCUT2D eigenvalue weighted by Gasteiger charge is 2.23. The van der Waals surface area contributed by atoms with Crippen molar-refractivity contribution in [2.75, 3.05) is 46.4 Å². The van der Waals surface area contributed by atoms with Gasteiger partial charge >= 0.3 is 0 Å². The first-order chi connectivity index (χ1) is 17.5. The first-order valence-corrected chi connectivity index (χ1v) is 12.6. The van der Waals surface area contributed by atoms with Crippen LogP contribution in [0.3, 0.4) is 0 Å². The Morgan fingerprint density at radius 2 is 1.83 bits per heavy atom. The number of pyridine rings is 1. The Kier molecular flexibility index (Phi) is 9.30. The van der Waals surface area contributed by atoms with Gasteiger partial charge in [0.05, 0.1) is 24.3 Å². The van der Waals surface area contributed by atoms with Crippen LogP contribution in [0.15, 0.2) is 66.9 Å². The molecule has 1 atom stereocenters. The van der Waals surface area contributed by atoms with Crippen molar-refractivity contribution in [2.24, 2.45) is 0 Å². The molecule has 0 spiro atoms. The van der Waals surface area contributed by atoms with Crippen molar-refractivity contribution in [2.45, 2.75) is 19.6 Å². The van der Waals surface area contributed by atoms with Crippen LogP contribution < -0.4 is 10.1 Å². The van der Waals surface area contributed by atoms with Crippen molar-refractivity contribution in [3.63, 3.8) is 0 Å². The van der Waals surface area contributed by atoms with Gasteiger partial charge in [0.25, 0.3) is 5.91 Å². The summed E-state index contributed by atoms with van der Waals surface area (Å²) < 4.78 is 12.0. The van der Waals surface area contributed by atoms with Crippen LogP contribution in [-0.4, -0.2) is 73.1 Å². The van der Waals surface area contributed by atoms with Gasteiger partial charge in [-0.25, -0.2) is 4.98 Å². The Morgan fingerprint density at radius 1 is 1.06 bits per heavy atom. The number of rotatable bonds is 10. The zero-order valence-electron chi connectivity index (χ0n) is 20.8. The molecule has 7 nitrogen and oxygen atoms in total. The number of benzene rings is 2. The summed E-state index contributed by atoms with van der Waals surface area (Å²) in [6.07, 6.45) is 1.60. The molecule has 2 heterocycles. The minimum Gasteiger partial charge on any atom is -0.436 e. The Morgan fingerprint density at radius 3 is 2.58 bits per heavy atom. The van der Waals surface area contributed by atoms with Gasteiger partial charge in [-0.3, -0.25) is 9.69 Å². The number of nitrogens with zero attached hydrogens (tertiary/aromatic N) is 3. The fourth-order valence-corrected chi connectivity index (χ4v) is 4.39. The number of hydrogen-bond acceptors (Lipinski definition) is 6. The third kappa shape index (κ3) is 7.27. The number of aryl methyl sites for hydroxylation is 1. The van der Waals surface area contributed by atoms with E-state index >= 15 is 0 Å². The molecular weight excluding hydrogens is 476 g/mol. The molecule has 1 fully saturated rings. The summed E-state index contributed by atoms with van der Waals surface area (Å²) in [5, 5.41) is 3.63.